The van der Waals surface area contributed by atoms with Crippen molar-refractivity contribution in [2.24, 2.45) is 0 Å². The maximum Gasteiger partial charge on any atom is 0.125 e. The van der Waals surface area contributed by atoms with E-state index in [-0.39, 0.29) is 11.9 Å². The van der Waals surface area contributed by atoms with Gasteiger partial charge in [-0.25, -0.2) is 4.39 Å². The van der Waals surface area contributed by atoms with E-state index in [4.69, 9.17) is 0 Å². The van der Waals surface area contributed by atoms with Gasteiger partial charge in [0.05, 0.1) is 11.8 Å². The van der Waals surface area contributed by atoms with Gasteiger partial charge in [0.2, 0.25) is 0 Å². The number of hydrogen-bond acceptors (Lipinski definition) is 2. The molecule has 82 valence electrons. The molecule has 0 amide bonds. The molecule has 1 aliphatic rings. The van der Waals surface area contributed by atoms with Crippen LogP contribution >= 0.6 is 15.9 Å². The predicted octanol–water partition coefficient (Wildman–Crippen LogP) is 2.55. The minimum atomic E-state index is -0.223. The summed E-state index contributed by atoms with van der Waals surface area (Å²) in [4.78, 5) is 2.10. The van der Waals surface area contributed by atoms with E-state index < -0.39 is 0 Å². The highest BCUT2D eigenvalue weighted by atomic mass is 79.9. The van der Waals surface area contributed by atoms with Crippen molar-refractivity contribution in [1.82, 2.24) is 0 Å². The van der Waals surface area contributed by atoms with Crippen molar-refractivity contribution in [3.63, 3.8) is 0 Å². The van der Waals surface area contributed by atoms with Crippen LogP contribution < -0.4 is 4.90 Å². The van der Waals surface area contributed by atoms with E-state index in [1.807, 2.05) is 0 Å². The van der Waals surface area contributed by atoms with Crippen LogP contribution in [-0.2, 0) is 0 Å². The highest BCUT2D eigenvalue weighted by molar-refractivity contribution is 9.10. The lowest BCUT2D eigenvalue weighted by atomic mass is 10.1. The van der Waals surface area contributed by atoms with Crippen LogP contribution in [0.15, 0.2) is 22.7 Å². The van der Waals surface area contributed by atoms with Crippen molar-refractivity contribution in [2.75, 3.05) is 18.0 Å². The van der Waals surface area contributed by atoms with Gasteiger partial charge in [0, 0.05) is 17.6 Å². The van der Waals surface area contributed by atoms with Gasteiger partial charge in [-0.1, -0.05) is 0 Å². The Morgan fingerprint density at radius 3 is 2.67 bits per heavy atom. The molecule has 0 atom stereocenters. The van der Waals surface area contributed by atoms with Crippen molar-refractivity contribution in [1.29, 1.82) is 0 Å². The van der Waals surface area contributed by atoms with Crippen molar-refractivity contribution < 1.29 is 9.50 Å². The first-order valence-electron chi connectivity index (χ1n) is 5.05. The summed E-state index contributed by atoms with van der Waals surface area (Å²) in [7, 11) is 0. The second kappa shape index (κ2) is 4.49. The first kappa shape index (κ1) is 10.9. The Labute approximate surface area is 96.8 Å². The molecule has 1 saturated heterocycles. The van der Waals surface area contributed by atoms with Gasteiger partial charge in [-0.15, -0.1) is 0 Å². The predicted molar refractivity (Wildman–Crippen MR) is 61.6 cm³/mol. The van der Waals surface area contributed by atoms with Crippen molar-refractivity contribution >= 4 is 21.6 Å². The molecule has 1 N–H and O–H groups in total. The minimum absolute atomic E-state index is 0.200. The number of hydrogen-bond donors (Lipinski definition) is 1. The minimum Gasteiger partial charge on any atom is -0.393 e. The molecule has 1 aliphatic heterocycles. The largest absolute Gasteiger partial charge is 0.393 e. The van der Waals surface area contributed by atoms with E-state index in [1.54, 1.807) is 6.07 Å². The van der Waals surface area contributed by atoms with Crippen LogP contribution in [0.4, 0.5) is 10.1 Å². The summed E-state index contributed by atoms with van der Waals surface area (Å²) in [6.07, 6.45) is 1.31. The summed E-state index contributed by atoms with van der Waals surface area (Å²) in [6, 6.07) is 4.68. The molecule has 4 heteroatoms. The summed E-state index contributed by atoms with van der Waals surface area (Å²) < 4.78 is 14.0. The van der Waals surface area contributed by atoms with Crippen LogP contribution in [0.3, 0.4) is 0 Å². The number of nitrogens with zero attached hydrogens (tertiary/aromatic N) is 1. The molecule has 0 spiro atoms. The van der Waals surface area contributed by atoms with Gasteiger partial charge in [-0.05, 0) is 47.0 Å². The Balaban J connectivity index is 2.18. The molecule has 1 aromatic carbocycles. The molecule has 0 aromatic heterocycles. The third kappa shape index (κ3) is 2.49. The van der Waals surface area contributed by atoms with E-state index in [0.717, 1.165) is 36.1 Å². The lowest BCUT2D eigenvalue weighted by Crippen LogP contribution is -2.36. The third-order valence-electron chi connectivity index (χ3n) is 2.71. The number of halogens is 2. The fraction of sp³-hybridized carbons (Fsp3) is 0.455. The van der Waals surface area contributed by atoms with Crippen LogP contribution in [0.2, 0.25) is 0 Å². The van der Waals surface area contributed by atoms with Gasteiger partial charge in [-0.2, -0.15) is 0 Å². The van der Waals surface area contributed by atoms with Gasteiger partial charge in [-0.3, -0.25) is 0 Å². The lowest BCUT2D eigenvalue weighted by molar-refractivity contribution is 0.145. The molecule has 0 unspecified atom stereocenters. The summed E-state index contributed by atoms with van der Waals surface area (Å²) in [6.45, 7) is 1.56. The van der Waals surface area contributed by atoms with Crippen LogP contribution in [-0.4, -0.2) is 24.3 Å². The zero-order valence-electron chi connectivity index (χ0n) is 8.29. The van der Waals surface area contributed by atoms with E-state index >= 15 is 0 Å². The molecule has 2 rings (SSSR count). The molecule has 0 aliphatic carbocycles. The highest BCUT2D eigenvalue weighted by Crippen LogP contribution is 2.29. The standard InChI is InChI=1S/C11H13BrFNO/c12-10-2-1-8(13)7-11(10)14-5-3-9(15)4-6-14/h1-2,7,9,15H,3-6H2. The monoisotopic (exact) mass is 273 g/mol. The summed E-state index contributed by atoms with van der Waals surface area (Å²) in [5.41, 5.74) is 0.877. The van der Waals surface area contributed by atoms with Gasteiger partial charge in [0.15, 0.2) is 0 Å². The summed E-state index contributed by atoms with van der Waals surface area (Å²) in [5.74, 6) is -0.223. The highest BCUT2D eigenvalue weighted by Gasteiger charge is 2.19. The van der Waals surface area contributed by atoms with E-state index in [1.165, 1.54) is 12.1 Å². The maximum absolute atomic E-state index is 13.1. The fourth-order valence-corrected chi connectivity index (χ4v) is 2.33. The second-order valence-corrected chi connectivity index (χ2v) is 4.67. The first-order valence-corrected chi connectivity index (χ1v) is 5.84. The zero-order valence-corrected chi connectivity index (χ0v) is 9.87. The Morgan fingerprint density at radius 1 is 1.33 bits per heavy atom. The number of rotatable bonds is 1. The molecule has 0 bridgehead atoms. The van der Waals surface area contributed by atoms with E-state index in [9.17, 15) is 9.50 Å². The maximum atomic E-state index is 13.1. The Bertz CT molecular complexity index is 350. The third-order valence-corrected chi connectivity index (χ3v) is 3.38. The van der Waals surface area contributed by atoms with Crippen LogP contribution in [0.5, 0.6) is 0 Å². The number of benzene rings is 1. The molecule has 0 saturated carbocycles. The molecule has 0 radical (unpaired) electrons. The number of anilines is 1. The molecular weight excluding hydrogens is 261 g/mol. The van der Waals surface area contributed by atoms with Crippen molar-refractivity contribution in [3.05, 3.63) is 28.5 Å². The SMILES string of the molecule is OC1CCN(c2cc(F)ccc2Br)CC1. The van der Waals surface area contributed by atoms with Gasteiger partial charge < -0.3 is 10.0 Å². The first-order chi connectivity index (χ1) is 7.16. The normalized spacial score (nSPS) is 18.2. The number of aliphatic hydroxyl groups is 1. The lowest BCUT2D eigenvalue weighted by Gasteiger charge is -2.32. The molecular formula is C11H13BrFNO. The average molecular weight is 274 g/mol. The topological polar surface area (TPSA) is 23.5 Å². The Hall–Kier alpha value is -0.610. The van der Waals surface area contributed by atoms with Gasteiger partial charge >= 0.3 is 0 Å². The summed E-state index contributed by atoms with van der Waals surface area (Å²) in [5, 5.41) is 9.39. The Morgan fingerprint density at radius 2 is 2.00 bits per heavy atom. The number of piperidine rings is 1. The molecule has 2 nitrogen and oxygen atoms in total. The number of aliphatic hydroxyl groups excluding tert-OH is 1. The van der Waals surface area contributed by atoms with Gasteiger partial charge in [0.25, 0.3) is 0 Å². The fourth-order valence-electron chi connectivity index (χ4n) is 1.83. The average Bonchev–Trinajstić information content (AvgIpc) is 2.23. The van der Waals surface area contributed by atoms with E-state index in [0.29, 0.717) is 0 Å². The van der Waals surface area contributed by atoms with Crippen molar-refractivity contribution in [3.8, 4) is 0 Å². The van der Waals surface area contributed by atoms with Crippen LogP contribution in [0.25, 0.3) is 0 Å². The second-order valence-electron chi connectivity index (χ2n) is 3.81. The summed E-state index contributed by atoms with van der Waals surface area (Å²) >= 11 is 3.41. The molecule has 15 heavy (non-hydrogen) atoms. The molecule has 1 heterocycles. The van der Waals surface area contributed by atoms with E-state index in [2.05, 4.69) is 20.8 Å². The molecule has 1 aromatic rings. The smallest absolute Gasteiger partial charge is 0.125 e. The van der Waals surface area contributed by atoms with Gasteiger partial charge in [0.1, 0.15) is 5.82 Å². The van der Waals surface area contributed by atoms with Crippen LogP contribution in [0, 0.1) is 5.82 Å². The van der Waals surface area contributed by atoms with Crippen LogP contribution in [0.1, 0.15) is 12.8 Å². The van der Waals surface area contributed by atoms with Crippen molar-refractivity contribution in [2.45, 2.75) is 18.9 Å². The molecule has 1 fully saturated rings. The Kier molecular flexibility index (Phi) is 3.26. The quantitative estimate of drug-likeness (QED) is 0.850. The zero-order chi connectivity index (χ0) is 10.8.